The van der Waals surface area contributed by atoms with Crippen LogP contribution in [0.5, 0.6) is 11.5 Å². The zero-order chi connectivity index (χ0) is 15.2. The molecular weight excluding hydrogens is 270 g/mol. The van der Waals surface area contributed by atoms with Crippen LogP contribution in [0.15, 0.2) is 12.1 Å². The first kappa shape index (κ1) is 15.6. The van der Waals surface area contributed by atoms with Gasteiger partial charge < -0.3 is 19.5 Å². The second kappa shape index (κ2) is 7.31. The van der Waals surface area contributed by atoms with Gasteiger partial charge in [-0.15, -0.1) is 0 Å². The highest BCUT2D eigenvalue weighted by Gasteiger charge is 2.20. The maximum absolute atomic E-state index is 11.8. The zero-order valence-electron chi connectivity index (χ0n) is 12.9. The molecule has 2 rings (SSSR count). The van der Waals surface area contributed by atoms with Crippen LogP contribution in [0.4, 0.5) is 0 Å². The first-order chi connectivity index (χ1) is 10.2. The fraction of sp³-hybridized carbons (Fsp3) is 0.562. The molecule has 116 valence electrons. The van der Waals surface area contributed by atoms with E-state index in [1.165, 1.54) is 20.0 Å². The van der Waals surface area contributed by atoms with Crippen LogP contribution in [0.1, 0.15) is 28.8 Å². The number of hydrogen-bond donors (Lipinski definition) is 1. The Hall–Kier alpha value is -1.75. The van der Waals surface area contributed by atoms with E-state index < -0.39 is 0 Å². The van der Waals surface area contributed by atoms with Crippen LogP contribution in [0, 0.1) is 5.92 Å². The Bertz CT molecular complexity index is 495. The Labute approximate surface area is 125 Å². The molecule has 0 saturated carbocycles. The Morgan fingerprint density at radius 2 is 2.10 bits per heavy atom. The molecule has 1 N–H and O–H groups in total. The molecule has 0 aliphatic carbocycles. The average molecular weight is 293 g/mol. The largest absolute Gasteiger partial charge is 0.493 e. The van der Waals surface area contributed by atoms with Gasteiger partial charge in [-0.3, -0.25) is 0 Å². The molecule has 5 nitrogen and oxygen atoms in total. The van der Waals surface area contributed by atoms with Crippen LogP contribution in [0.25, 0.3) is 0 Å². The van der Waals surface area contributed by atoms with E-state index in [1.54, 1.807) is 20.3 Å². The van der Waals surface area contributed by atoms with Gasteiger partial charge in [0.1, 0.15) is 0 Å². The van der Waals surface area contributed by atoms with Gasteiger partial charge in [0.2, 0.25) is 0 Å². The summed E-state index contributed by atoms with van der Waals surface area (Å²) in [6.45, 7) is 2.08. The maximum atomic E-state index is 11.8. The van der Waals surface area contributed by atoms with Crippen LogP contribution in [-0.2, 0) is 11.2 Å². The zero-order valence-corrected chi connectivity index (χ0v) is 12.9. The molecule has 1 aliphatic heterocycles. The summed E-state index contributed by atoms with van der Waals surface area (Å²) < 4.78 is 15.6. The van der Waals surface area contributed by atoms with Crippen molar-refractivity contribution in [3.63, 3.8) is 0 Å². The minimum Gasteiger partial charge on any atom is -0.493 e. The van der Waals surface area contributed by atoms with Gasteiger partial charge in [0, 0.05) is 0 Å². The van der Waals surface area contributed by atoms with E-state index in [0.717, 1.165) is 25.1 Å². The molecule has 0 aromatic heterocycles. The molecule has 1 heterocycles. The van der Waals surface area contributed by atoms with Gasteiger partial charge in [-0.05, 0) is 56.0 Å². The lowest BCUT2D eigenvalue weighted by Gasteiger charge is -2.24. The Morgan fingerprint density at radius 1 is 1.29 bits per heavy atom. The Kier molecular flexibility index (Phi) is 5.44. The summed E-state index contributed by atoms with van der Waals surface area (Å²) in [6, 6.07) is 3.51. The van der Waals surface area contributed by atoms with E-state index in [2.05, 4.69) is 5.32 Å². The van der Waals surface area contributed by atoms with Gasteiger partial charge in [-0.2, -0.15) is 0 Å². The lowest BCUT2D eigenvalue weighted by Crippen LogP contribution is -2.31. The highest BCUT2D eigenvalue weighted by Crippen LogP contribution is 2.35. The standard InChI is InChI=1S/C16H23NO4/c1-19-14-9-13(16(18)21-3)8-12(15(14)20-2)7-11-5-4-6-17-10-11/h8-9,11,17H,4-7,10H2,1-3H3. The number of ether oxygens (including phenoxy) is 3. The van der Waals surface area contributed by atoms with E-state index in [9.17, 15) is 4.79 Å². The molecule has 0 bridgehead atoms. The van der Waals surface area contributed by atoms with Crippen LogP contribution >= 0.6 is 0 Å². The minimum absolute atomic E-state index is 0.362. The number of hydrogen-bond acceptors (Lipinski definition) is 5. The van der Waals surface area contributed by atoms with Gasteiger partial charge >= 0.3 is 5.97 Å². The van der Waals surface area contributed by atoms with Crippen LogP contribution in [0.3, 0.4) is 0 Å². The van der Waals surface area contributed by atoms with Crippen molar-refractivity contribution >= 4 is 5.97 Å². The summed E-state index contributed by atoms with van der Waals surface area (Å²) in [5.41, 5.74) is 1.49. The van der Waals surface area contributed by atoms with Crippen LogP contribution in [0.2, 0.25) is 0 Å². The molecule has 1 saturated heterocycles. The number of nitrogens with one attached hydrogen (secondary N) is 1. The van der Waals surface area contributed by atoms with Gasteiger partial charge in [0.05, 0.1) is 26.9 Å². The number of carbonyl (C=O) groups is 1. The van der Waals surface area contributed by atoms with Crippen LogP contribution in [-0.4, -0.2) is 40.4 Å². The van der Waals surface area contributed by atoms with Crippen molar-refractivity contribution in [1.82, 2.24) is 5.32 Å². The molecule has 5 heteroatoms. The lowest BCUT2D eigenvalue weighted by atomic mass is 9.91. The molecular formula is C16H23NO4. The number of esters is 1. The molecule has 0 spiro atoms. The molecule has 1 atom stereocenters. The molecule has 0 amide bonds. The SMILES string of the molecule is COC(=O)c1cc(CC2CCCNC2)c(OC)c(OC)c1. The Balaban J connectivity index is 2.33. The van der Waals surface area contributed by atoms with Crippen molar-refractivity contribution in [1.29, 1.82) is 0 Å². The fourth-order valence-corrected chi connectivity index (χ4v) is 2.84. The minimum atomic E-state index is -0.362. The van der Waals surface area contributed by atoms with Gasteiger partial charge in [0.15, 0.2) is 11.5 Å². The van der Waals surface area contributed by atoms with Crippen molar-refractivity contribution in [2.45, 2.75) is 19.3 Å². The topological polar surface area (TPSA) is 56.8 Å². The monoisotopic (exact) mass is 293 g/mol. The summed E-state index contributed by atoms with van der Waals surface area (Å²) in [4.78, 5) is 11.8. The van der Waals surface area contributed by atoms with E-state index in [4.69, 9.17) is 14.2 Å². The van der Waals surface area contributed by atoms with Crippen molar-refractivity contribution in [3.05, 3.63) is 23.3 Å². The van der Waals surface area contributed by atoms with Crippen LogP contribution < -0.4 is 14.8 Å². The number of rotatable bonds is 5. The molecule has 21 heavy (non-hydrogen) atoms. The summed E-state index contributed by atoms with van der Waals surface area (Å²) in [7, 11) is 4.58. The highest BCUT2D eigenvalue weighted by molar-refractivity contribution is 5.90. The molecule has 1 unspecified atom stereocenters. The summed E-state index contributed by atoms with van der Waals surface area (Å²) in [5.74, 6) is 1.46. The quantitative estimate of drug-likeness (QED) is 0.842. The van der Waals surface area contributed by atoms with Crippen molar-refractivity contribution < 1.29 is 19.0 Å². The predicted molar refractivity (Wildman–Crippen MR) is 80.2 cm³/mol. The van der Waals surface area contributed by atoms with Gasteiger partial charge in [-0.1, -0.05) is 0 Å². The first-order valence-electron chi connectivity index (χ1n) is 7.23. The van der Waals surface area contributed by atoms with E-state index in [-0.39, 0.29) is 5.97 Å². The summed E-state index contributed by atoms with van der Waals surface area (Å²) >= 11 is 0. The summed E-state index contributed by atoms with van der Waals surface area (Å²) in [6.07, 6.45) is 3.22. The molecule has 1 fully saturated rings. The summed E-state index contributed by atoms with van der Waals surface area (Å²) in [5, 5.41) is 3.41. The fourth-order valence-electron chi connectivity index (χ4n) is 2.84. The lowest BCUT2D eigenvalue weighted by molar-refractivity contribution is 0.0600. The van der Waals surface area contributed by atoms with Gasteiger partial charge in [-0.25, -0.2) is 4.79 Å². The number of piperidine rings is 1. The third-order valence-corrected chi connectivity index (χ3v) is 3.88. The average Bonchev–Trinajstić information content (AvgIpc) is 2.54. The Morgan fingerprint density at radius 3 is 2.67 bits per heavy atom. The van der Waals surface area contributed by atoms with E-state index in [0.29, 0.717) is 23.0 Å². The highest BCUT2D eigenvalue weighted by atomic mass is 16.5. The van der Waals surface area contributed by atoms with E-state index >= 15 is 0 Å². The predicted octanol–water partition coefficient (Wildman–Crippen LogP) is 2.03. The first-order valence-corrected chi connectivity index (χ1v) is 7.23. The second-order valence-corrected chi connectivity index (χ2v) is 5.28. The molecule has 1 aromatic rings. The van der Waals surface area contributed by atoms with Crippen molar-refractivity contribution in [2.24, 2.45) is 5.92 Å². The number of benzene rings is 1. The normalized spacial score (nSPS) is 18.1. The third-order valence-electron chi connectivity index (χ3n) is 3.88. The maximum Gasteiger partial charge on any atom is 0.337 e. The smallest absolute Gasteiger partial charge is 0.337 e. The molecule has 0 radical (unpaired) electrons. The van der Waals surface area contributed by atoms with Crippen molar-refractivity contribution in [2.75, 3.05) is 34.4 Å². The van der Waals surface area contributed by atoms with E-state index in [1.807, 2.05) is 6.07 Å². The molecule has 1 aromatic carbocycles. The third kappa shape index (κ3) is 3.67. The van der Waals surface area contributed by atoms with Gasteiger partial charge in [0.25, 0.3) is 0 Å². The van der Waals surface area contributed by atoms with Crippen molar-refractivity contribution in [3.8, 4) is 11.5 Å². The second-order valence-electron chi connectivity index (χ2n) is 5.28. The number of methoxy groups -OCH3 is 3. The molecule has 1 aliphatic rings. The number of carbonyl (C=O) groups excluding carboxylic acids is 1.